The Hall–Kier alpha value is -0.830. The highest BCUT2D eigenvalue weighted by atomic mass is 35.5. The first kappa shape index (κ1) is 10.3. The topological polar surface area (TPSA) is 37.8 Å². The van der Waals surface area contributed by atoms with E-state index in [1.165, 1.54) is 0 Å². The Labute approximate surface area is 83.5 Å². The van der Waals surface area contributed by atoms with Crippen molar-refractivity contribution >= 4 is 17.4 Å². The molecular formula is C9H14ClN3. The third-order valence-corrected chi connectivity index (χ3v) is 2.09. The molecule has 0 aromatic carbocycles. The van der Waals surface area contributed by atoms with Gasteiger partial charge in [0, 0.05) is 18.1 Å². The zero-order valence-corrected chi connectivity index (χ0v) is 8.46. The number of aromatic nitrogens is 2. The Bertz CT molecular complexity index is 228. The predicted octanol–water partition coefficient (Wildman–Crippen LogP) is 2.30. The molecule has 1 rings (SSSR count). The average molecular weight is 200 g/mol. The minimum absolute atomic E-state index is 0.397. The van der Waals surface area contributed by atoms with E-state index in [0.717, 1.165) is 18.7 Å². The number of rotatable bonds is 5. The molecule has 1 aromatic rings. The second-order valence-electron chi connectivity index (χ2n) is 2.84. The van der Waals surface area contributed by atoms with Gasteiger partial charge in [0.1, 0.15) is 5.82 Å². The van der Waals surface area contributed by atoms with Gasteiger partial charge in [-0.1, -0.05) is 6.92 Å². The van der Waals surface area contributed by atoms with Crippen molar-refractivity contribution < 1.29 is 0 Å². The van der Waals surface area contributed by atoms with Gasteiger partial charge in [0.15, 0.2) is 0 Å². The molecule has 0 fully saturated rings. The van der Waals surface area contributed by atoms with E-state index >= 15 is 0 Å². The molecule has 0 spiro atoms. The summed E-state index contributed by atoms with van der Waals surface area (Å²) < 4.78 is 0. The van der Waals surface area contributed by atoms with Crippen molar-refractivity contribution in [2.24, 2.45) is 0 Å². The van der Waals surface area contributed by atoms with E-state index in [1.807, 2.05) is 12.1 Å². The molecule has 3 nitrogen and oxygen atoms in total. The molecule has 1 N–H and O–H groups in total. The summed E-state index contributed by atoms with van der Waals surface area (Å²) in [5.41, 5.74) is 0. The molecule has 1 aromatic heterocycles. The summed E-state index contributed by atoms with van der Waals surface area (Å²) in [6.07, 6.45) is 3.66. The lowest BCUT2D eigenvalue weighted by atomic mass is 10.2. The molecule has 0 bridgehead atoms. The van der Waals surface area contributed by atoms with Crippen molar-refractivity contribution in [1.82, 2.24) is 10.2 Å². The second-order valence-corrected chi connectivity index (χ2v) is 3.21. The second kappa shape index (κ2) is 5.75. The molecule has 0 amide bonds. The molecule has 1 unspecified atom stereocenters. The summed E-state index contributed by atoms with van der Waals surface area (Å²) >= 11 is 5.67. The maximum Gasteiger partial charge on any atom is 0.148 e. The van der Waals surface area contributed by atoms with Gasteiger partial charge < -0.3 is 5.32 Å². The van der Waals surface area contributed by atoms with E-state index in [9.17, 15) is 0 Å². The molecule has 0 aliphatic carbocycles. The maximum absolute atomic E-state index is 5.67. The van der Waals surface area contributed by atoms with Gasteiger partial charge >= 0.3 is 0 Å². The van der Waals surface area contributed by atoms with Gasteiger partial charge in [-0.25, -0.2) is 0 Å². The van der Waals surface area contributed by atoms with Gasteiger partial charge in [-0.15, -0.1) is 16.7 Å². The quantitative estimate of drug-likeness (QED) is 0.740. The molecule has 0 aliphatic rings. The van der Waals surface area contributed by atoms with Crippen molar-refractivity contribution in [1.29, 1.82) is 0 Å². The van der Waals surface area contributed by atoms with Crippen molar-refractivity contribution in [2.45, 2.75) is 25.8 Å². The Balaban J connectivity index is 2.46. The van der Waals surface area contributed by atoms with Gasteiger partial charge in [0.05, 0.1) is 0 Å². The van der Waals surface area contributed by atoms with E-state index in [2.05, 4.69) is 22.4 Å². The lowest BCUT2D eigenvalue weighted by Crippen LogP contribution is -2.19. The van der Waals surface area contributed by atoms with Crippen molar-refractivity contribution in [3.05, 3.63) is 18.3 Å². The monoisotopic (exact) mass is 199 g/mol. The van der Waals surface area contributed by atoms with E-state index in [0.29, 0.717) is 11.9 Å². The first-order chi connectivity index (χ1) is 6.36. The Morgan fingerprint density at radius 3 is 3.00 bits per heavy atom. The van der Waals surface area contributed by atoms with E-state index < -0.39 is 0 Å². The average Bonchev–Trinajstić information content (AvgIpc) is 2.19. The van der Waals surface area contributed by atoms with Gasteiger partial charge in [-0.05, 0) is 25.0 Å². The highest BCUT2D eigenvalue weighted by Gasteiger charge is 2.04. The first-order valence-corrected chi connectivity index (χ1v) is 5.00. The largest absolute Gasteiger partial charge is 0.366 e. The highest BCUT2D eigenvalue weighted by Crippen LogP contribution is 2.07. The maximum atomic E-state index is 5.67. The first-order valence-electron chi connectivity index (χ1n) is 4.47. The lowest BCUT2D eigenvalue weighted by molar-refractivity contribution is 0.670. The van der Waals surface area contributed by atoms with E-state index in [4.69, 9.17) is 11.6 Å². The number of alkyl halides is 1. The number of nitrogens with one attached hydrogen (secondary N) is 1. The Kier molecular flexibility index (Phi) is 4.54. The molecule has 0 aliphatic heterocycles. The van der Waals surface area contributed by atoms with Crippen molar-refractivity contribution in [3.63, 3.8) is 0 Å². The van der Waals surface area contributed by atoms with Crippen LogP contribution in [0.5, 0.6) is 0 Å². The molecule has 4 heteroatoms. The number of hydrogen-bond donors (Lipinski definition) is 1. The summed E-state index contributed by atoms with van der Waals surface area (Å²) in [4.78, 5) is 0. The minimum Gasteiger partial charge on any atom is -0.366 e. The lowest BCUT2D eigenvalue weighted by Gasteiger charge is -2.15. The third-order valence-electron chi connectivity index (χ3n) is 1.87. The predicted molar refractivity (Wildman–Crippen MR) is 55.1 cm³/mol. The fraction of sp³-hybridized carbons (Fsp3) is 0.556. The zero-order chi connectivity index (χ0) is 9.52. The van der Waals surface area contributed by atoms with Crippen LogP contribution < -0.4 is 5.32 Å². The summed E-state index contributed by atoms with van der Waals surface area (Å²) in [7, 11) is 0. The van der Waals surface area contributed by atoms with Gasteiger partial charge in [-0.3, -0.25) is 0 Å². The van der Waals surface area contributed by atoms with E-state index in [-0.39, 0.29) is 0 Å². The number of anilines is 1. The van der Waals surface area contributed by atoms with Crippen LogP contribution in [0.1, 0.15) is 19.8 Å². The molecule has 72 valence electrons. The van der Waals surface area contributed by atoms with Crippen molar-refractivity contribution in [2.75, 3.05) is 11.2 Å². The molecular weight excluding hydrogens is 186 g/mol. The number of nitrogens with zero attached hydrogens (tertiary/aromatic N) is 2. The fourth-order valence-electron chi connectivity index (χ4n) is 1.10. The molecule has 0 saturated carbocycles. The molecule has 0 saturated heterocycles. The molecule has 1 heterocycles. The van der Waals surface area contributed by atoms with Crippen molar-refractivity contribution in [3.8, 4) is 0 Å². The van der Waals surface area contributed by atoms with E-state index in [1.54, 1.807) is 6.20 Å². The standard InChI is InChI=1S/C9H14ClN3/c1-2-8(5-6-10)12-9-4-3-7-11-13-9/h3-4,7-8H,2,5-6H2,1H3,(H,12,13). The summed E-state index contributed by atoms with van der Waals surface area (Å²) in [5, 5.41) is 11.0. The normalized spacial score (nSPS) is 12.5. The minimum atomic E-state index is 0.397. The smallest absolute Gasteiger partial charge is 0.148 e. The molecule has 13 heavy (non-hydrogen) atoms. The van der Waals surface area contributed by atoms with Crippen LogP contribution in [0.3, 0.4) is 0 Å². The summed E-state index contributed by atoms with van der Waals surface area (Å²) in [6.45, 7) is 2.13. The van der Waals surface area contributed by atoms with Crippen LogP contribution in [0.25, 0.3) is 0 Å². The summed E-state index contributed by atoms with van der Waals surface area (Å²) in [5.74, 6) is 1.49. The molecule has 1 atom stereocenters. The SMILES string of the molecule is CCC(CCCl)Nc1cccnn1. The molecule has 0 radical (unpaired) electrons. The fourth-order valence-corrected chi connectivity index (χ4v) is 1.36. The van der Waals surface area contributed by atoms with Gasteiger partial charge in [-0.2, -0.15) is 5.10 Å². The van der Waals surface area contributed by atoms with Crippen LogP contribution in [0.4, 0.5) is 5.82 Å². The third kappa shape index (κ3) is 3.59. The Morgan fingerprint density at radius 1 is 1.62 bits per heavy atom. The van der Waals surface area contributed by atoms with Crippen LogP contribution in [-0.2, 0) is 0 Å². The number of halogens is 1. The van der Waals surface area contributed by atoms with Crippen LogP contribution in [0, 0.1) is 0 Å². The van der Waals surface area contributed by atoms with Crippen LogP contribution in [0.15, 0.2) is 18.3 Å². The van der Waals surface area contributed by atoms with Gasteiger partial charge in [0.25, 0.3) is 0 Å². The van der Waals surface area contributed by atoms with Crippen LogP contribution in [0.2, 0.25) is 0 Å². The number of hydrogen-bond acceptors (Lipinski definition) is 3. The Morgan fingerprint density at radius 2 is 2.46 bits per heavy atom. The van der Waals surface area contributed by atoms with Crippen LogP contribution in [-0.4, -0.2) is 22.1 Å². The van der Waals surface area contributed by atoms with Crippen LogP contribution >= 0.6 is 11.6 Å². The van der Waals surface area contributed by atoms with Gasteiger partial charge in [0.2, 0.25) is 0 Å². The zero-order valence-electron chi connectivity index (χ0n) is 7.70. The highest BCUT2D eigenvalue weighted by molar-refractivity contribution is 6.17. The summed E-state index contributed by atoms with van der Waals surface area (Å²) in [6, 6.07) is 4.17.